The normalized spacial score (nSPS) is 11.8. The molecule has 0 saturated heterocycles. The van der Waals surface area contributed by atoms with Crippen molar-refractivity contribution >= 4 is 27.8 Å². The average molecular weight is 524 g/mol. The van der Waals surface area contributed by atoms with Gasteiger partial charge in [-0.3, -0.25) is 10.7 Å². The van der Waals surface area contributed by atoms with Crippen molar-refractivity contribution in [2.75, 3.05) is 15.3 Å². The molecule has 4 aromatic carbocycles. The zero-order valence-corrected chi connectivity index (χ0v) is 24.8. The summed E-state index contributed by atoms with van der Waals surface area (Å²) in [6, 6.07) is 32.3. The van der Waals surface area contributed by atoms with E-state index in [0.717, 1.165) is 10.8 Å². The van der Waals surface area contributed by atoms with Crippen LogP contribution in [0.1, 0.15) is 78.0 Å². The van der Waals surface area contributed by atoms with E-state index in [1.165, 1.54) is 28.1 Å². The molecule has 0 aliphatic heterocycles. The highest BCUT2D eigenvalue weighted by Gasteiger charge is 2.22. The van der Waals surface area contributed by atoms with Crippen LogP contribution in [0.5, 0.6) is 0 Å². The van der Waals surface area contributed by atoms with Gasteiger partial charge in [0.25, 0.3) is 0 Å². The Hall–Kier alpha value is -3.50. The molecule has 0 unspecified atom stereocenters. The van der Waals surface area contributed by atoms with Gasteiger partial charge in [-0.15, -0.1) is 0 Å². The minimum absolute atomic E-state index is 0.0452. The third kappa shape index (κ3) is 5.91. The van der Waals surface area contributed by atoms with Gasteiger partial charge in [0, 0.05) is 46.8 Å². The van der Waals surface area contributed by atoms with Crippen LogP contribution >= 0.6 is 0 Å². The van der Waals surface area contributed by atoms with E-state index in [4.69, 9.17) is 0 Å². The number of nitrogens with zero attached hydrogens (tertiary/aromatic N) is 2. The van der Waals surface area contributed by atoms with E-state index >= 15 is 0 Å². The number of rotatable bonds is 10. The summed E-state index contributed by atoms with van der Waals surface area (Å²) in [6.07, 6.45) is 0. The van der Waals surface area contributed by atoms with E-state index in [0.29, 0.717) is 29.9 Å². The van der Waals surface area contributed by atoms with E-state index in [2.05, 4.69) is 143 Å². The molecule has 4 heteroatoms. The Bertz CT molecular complexity index is 1280. The predicted molar refractivity (Wildman–Crippen MR) is 169 cm³/mol. The molecule has 0 aliphatic carbocycles. The maximum absolute atomic E-state index is 9.78. The van der Waals surface area contributed by atoms with E-state index in [1.54, 1.807) is 0 Å². The zero-order valence-electron chi connectivity index (χ0n) is 24.8. The summed E-state index contributed by atoms with van der Waals surface area (Å²) in [5.41, 5.74) is 9.31. The van der Waals surface area contributed by atoms with Crippen LogP contribution in [0.25, 0.3) is 10.8 Å². The first kappa shape index (κ1) is 28.5. The number of hydrogen-bond donors (Lipinski definition) is 2. The van der Waals surface area contributed by atoms with Gasteiger partial charge in [-0.05, 0) is 108 Å². The molecular weight excluding hydrogens is 478 g/mol. The van der Waals surface area contributed by atoms with Crippen molar-refractivity contribution < 1.29 is 5.21 Å². The van der Waals surface area contributed by atoms with Gasteiger partial charge in [0.2, 0.25) is 0 Å². The van der Waals surface area contributed by atoms with Gasteiger partial charge in [0.15, 0.2) is 0 Å². The Labute approximate surface area is 235 Å². The van der Waals surface area contributed by atoms with Crippen LogP contribution in [0.4, 0.5) is 17.1 Å². The lowest BCUT2D eigenvalue weighted by atomic mass is 9.82. The summed E-state index contributed by atoms with van der Waals surface area (Å²) in [5.74, 6) is 0.0452. The first-order chi connectivity index (χ1) is 18.6. The number of fused-ring (bicyclic) bond motifs is 1. The number of hydrogen-bond acceptors (Lipinski definition) is 4. The van der Waals surface area contributed by atoms with Gasteiger partial charge >= 0.3 is 0 Å². The molecule has 0 heterocycles. The maximum atomic E-state index is 9.78. The van der Waals surface area contributed by atoms with Crippen LogP contribution < -0.4 is 15.3 Å². The lowest BCUT2D eigenvalue weighted by molar-refractivity contribution is 0.390. The topological polar surface area (TPSA) is 38.7 Å². The molecule has 0 aromatic heterocycles. The van der Waals surface area contributed by atoms with Gasteiger partial charge in [0.1, 0.15) is 0 Å². The van der Waals surface area contributed by atoms with Crippen LogP contribution in [0.15, 0.2) is 84.9 Å². The second-order valence-electron chi connectivity index (χ2n) is 11.7. The van der Waals surface area contributed by atoms with Crippen LogP contribution in [-0.2, 0) is 0 Å². The molecule has 39 heavy (non-hydrogen) atoms. The summed E-state index contributed by atoms with van der Waals surface area (Å²) < 4.78 is 0. The SMILES string of the molecule is CC(C)N(c1ccc(C(c2ccc(N(C(C)C)C(C)C)cc2)c2ccc(NO)c3ccccc23)cc1)C(C)C. The second kappa shape index (κ2) is 12.1. The van der Waals surface area contributed by atoms with Gasteiger partial charge in [-0.1, -0.05) is 54.6 Å². The quantitative estimate of drug-likeness (QED) is 0.161. The fourth-order valence-corrected chi connectivity index (χ4v) is 6.29. The molecule has 4 nitrogen and oxygen atoms in total. The van der Waals surface area contributed by atoms with Gasteiger partial charge in [-0.25, -0.2) is 0 Å². The predicted octanol–water partition coefficient (Wildman–Crippen LogP) is 9.07. The number of anilines is 3. The molecule has 0 fully saturated rings. The van der Waals surface area contributed by atoms with E-state index in [1.807, 2.05) is 12.1 Å². The molecule has 4 rings (SSSR count). The van der Waals surface area contributed by atoms with Crippen LogP contribution in [-0.4, -0.2) is 29.4 Å². The molecule has 0 amide bonds. The third-order valence-electron chi connectivity index (χ3n) is 7.66. The van der Waals surface area contributed by atoms with Gasteiger partial charge < -0.3 is 9.80 Å². The van der Waals surface area contributed by atoms with E-state index < -0.39 is 0 Å². The fourth-order valence-electron chi connectivity index (χ4n) is 6.29. The minimum atomic E-state index is 0.0452. The summed E-state index contributed by atoms with van der Waals surface area (Å²) >= 11 is 0. The summed E-state index contributed by atoms with van der Waals surface area (Å²) in [4.78, 5) is 4.91. The van der Waals surface area contributed by atoms with Crippen molar-refractivity contribution in [2.24, 2.45) is 0 Å². The van der Waals surface area contributed by atoms with Crippen LogP contribution in [0, 0.1) is 0 Å². The lowest BCUT2D eigenvalue weighted by Crippen LogP contribution is -2.37. The van der Waals surface area contributed by atoms with Crippen molar-refractivity contribution in [3.05, 3.63) is 102 Å². The molecule has 206 valence electrons. The van der Waals surface area contributed by atoms with Crippen molar-refractivity contribution in [1.29, 1.82) is 0 Å². The summed E-state index contributed by atoms with van der Waals surface area (Å²) in [6.45, 7) is 18.0. The number of benzene rings is 4. The standard InChI is InChI=1S/C35H45N3O/c1-23(2)37(24(3)4)29-17-13-27(14-18-29)35(28-15-19-30(20-16-28)38(25(5)6)26(7)8)33-21-22-34(36-39)32-12-10-9-11-31(32)33/h9-26,35-36,39H,1-8H3. The average Bonchev–Trinajstić information content (AvgIpc) is 2.90. The van der Waals surface area contributed by atoms with Gasteiger partial charge in [0.05, 0.1) is 5.69 Å². The Kier molecular flexibility index (Phi) is 8.87. The van der Waals surface area contributed by atoms with Crippen molar-refractivity contribution in [2.45, 2.75) is 85.5 Å². The first-order valence-electron chi connectivity index (χ1n) is 14.3. The van der Waals surface area contributed by atoms with Crippen molar-refractivity contribution in [1.82, 2.24) is 0 Å². The highest BCUT2D eigenvalue weighted by Crippen LogP contribution is 2.39. The Morgan fingerprint density at radius 1 is 0.513 bits per heavy atom. The smallest absolute Gasteiger partial charge is 0.0680 e. The third-order valence-corrected chi connectivity index (χ3v) is 7.66. The monoisotopic (exact) mass is 523 g/mol. The molecule has 4 aromatic rings. The Morgan fingerprint density at radius 3 is 1.31 bits per heavy atom. The zero-order chi connectivity index (χ0) is 28.3. The van der Waals surface area contributed by atoms with E-state index in [9.17, 15) is 5.21 Å². The highest BCUT2D eigenvalue weighted by atomic mass is 16.5. The second-order valence-corrected chi connectivity index (χ2v) is 11.7. The van der Waals surface area contributed by atoms with E-state index in [-0.39, 0.29) is 5.92 Å². The van der Waals surface area contributed by atoms with Crippen molar-refractivity contribution in [3.63, 3.8) is 0 Å². The molecular formula is C35H45N3O. The summed E-state index contributed by atoms with van der Waals surface area (Å²) in [5, 5.41) is 11.9. The molecule has 0 spiro atoms. The Morgan fingerprint density at radius 2 is 0.923 bits per heavy atom. The van der Waals surface area contributed by atoms with Gasteiger partial charge in [-0.2, -0.15) is 0 Å². The molecule has 0 radical (unpaired) electrons. The molecule has 0 bridgehead atoms. The molecule has 0 saturated carbocycles. The Balaban J connectivity index is 1.87. The first-order valence-corrected chi connectivity index (χ1v) is 14.3. The highest BCUT2D eigenvalue weighted by molar-refractivity contribution is 5.96. The van der Waals surface area contributed by atoms with Crippen LogP contribution in [0.2, 0.25) is 0 Å². The van der Waals surface area contributed by atoms with Crippen molar-refractivity contribution in [3.8, 4) is 0 Å². The maximum Gasteiger partial charge on any atom is 0.0680 e. The molecule has 0 aliphatic rings. The summed E-state index contributed by atoms with van der Waals surface area (Å²) in [7, 11) is 0. The number of nitrogens with one attached hydrogen (secondary N) is 1. The molecule has 2 N–H and O–H groups in total. The molecule has 0 atom stereocenters. The minimum Gasteiger partial charge on any atom is -0.367 e. The van der Waals surface area contributed by atoms with Crippen LogP contribution in [0.3, 0.4) is 0 Å². The fraction of sp³-hybridized carbons (Fsp3) is 0.371. The largest absolute Gasteiger partial charge is 0.367 e. The lowest BCUT2D eigenvalue weighted by Gasteiger charge is -2.34.